The number of Topliss-reactive ketones (excluding diaryl/α,β-unsaturated/α-hetero) is 1. The molecule has 0 aromatic heterocycles. The monoisotopic (exact) mass is 299 g/mol. The molecule has 116 valence electrons. The fraction of sp³-hybridized carbons (Fsp3) is 0.500. The molecule has 2 heterocycles. The van der Waals surface area contributed by atoms with Gasteiger partial charge >= 0.3 is 5.97 Å². The first kappa shape index (κ1) is 14.9. The maximum atomic E-state index is 12.6. The van der Waals surface area contributed by atoms with Gasteiger partial charge in [-0.2, -0.15) is 0 Å². The Morgan fingerprint density at radius 1 is 1.27 bits per heavy atom. The number of aliphatic imine (C=N–C) groups is 1. The second-order valence-corrected chi connectivity index (χ2v) is 7.15. The van der Waals surface area contributed by atoms with E-state index in [1.807, 2.05) is 51.1 Å². The van der Waals surface area contributed by atoms with Crippen LogP contribution in [0.15, 0.2) is 35.3 Å². The second kappa shape index (κ2) is 5.04. The minimum atomic E-state index is -0.743. The van der Waals surface area contributed by atoms with E-state index in [0.29, 0.717) is 19.4 Å². The molecule has 22 heavy (non-hydrogen) atoms. The van der Waals surface area contributed by atoms with Crippen LogP contribution in [0.4, 0.5) is 0 Å². The predicted octanol–water partition coefficient (Wildman–Crippen LogP) is 2.80. The van der Waals surface area contributed by atoms with Crippen molar-refractivity contribution in [2.75, 3.05) is 6.61 Å². The van der Waals surface area contributed by atoms with Crippen LogP contribution in [0.25, 0.3) is 0 Å². The smallest absolute Gasteiger partial charge is 0.318 e. The lowest BCUT2D eigenvalue weighted by Gasteiger charge is -2.23. The van der Waals surface area contributed by atoms with Crippen molar-refractivity contribution < 1.29 is 14.3 Å². The standard InChI is InChI=1S/C18H21NO3/c1-17(2,3)15(20)13-11-18(9-10-22-16(18)21)14(19-13)12-7-5-4-6-8-12/h4-8,13H,9-11H2,1-3H3/t13-,18?/m1/s1. The molecule has 2 aliphatic heterocycles. The van der Waals surface area contributed by atoms with E-state index < -0.39 is 16.9 Å². The lowest BCUT2D eigenvalue weighted by Crippen LogP contribution is -2.36. The molecule has 1 aromatic carbocycles. The summed E-state index contributed by atoms with van der Waals surface area (Å²) in [5, 5.41) is 0. The lowest BCUT2D eigenvalue weighted by atomic mass is 9.74. The number of hydrogen-bond acceptors (Lipinski definition) is 4. The fourth-order valence-corrected chi connectivity index (χ4v) is 3.31. The van der Waals surface area contributed by atoms with Crippen molar-refractivity contribution in [3.63, 3.8) is 0 Å². The van der Waals surface area contributed by atoms with Crippen molar-refractivity contribution in [2.45, 2.75) is 39.7 Å². The van der Waals surface area contributed by atoms with E-state index in [4.69, 9.17) is 4.74 Å². The topological polar surface area (TPSA) is 55.7 Å². The summed E-state index contributed by atoms with van der Waals surface area (Å²) >= 11 is 0. The van der Waals surface area contributed by atoms with Gasteiger partial charge in [-0.1, -0.05) is 51.1 Å². The number of carbonyl (C=O) groups is 2. The van der Waals surface area contributed by atoms with Crippen molar-refractivity contribution in [1.29, 1.82) is 0 Å². The molecule has 0 aliphatic carbocycles. The largest absolute Gasteiger partial charge is 0.465 e. The Morgan fingerprint density at radius 2 is 1.95 bits per heavy atom. The zero-order valence-electron chi connectivity index (χ0n) is 13.3. The van der Waals surface area contributed by atoms with Gasteiger partial charge in [-0.3, -0.25) is 14.6 Å². The van der Waals surface area contributed by atoms with Gasteiger partial charge in [0.2, 0.25) is 0 Å². The molecule has 0 N–H and O–H groups in total. The van der Waals surface area contributed by atoms with Crippen molar-refractivity contribution >= 4 is 17.5 Å². The first-order valence-corrected chi connectivity index (χ1v) is 7.70. The van der Waals surface area contributed by atoms with Crippen LogP contribution in [-0.4, -0.2) is 30.1 Å². The molecule has 1 unspecified atom stereocenters. The molecule has 0 bridgehead atoms. The molecule has 0 saturated carbocycles. The molecule has 0 radical (unpaired) electrons. The zero-order valence-corrected chi connectivity index (χ0v) is 13.3. The third-order valence-corrected chi connectivity index (χ3v) is 4.52. The molecule has 2 aliphatic rings. The molecule has 3 rings (SSSR count). The molecule has 1 spiro atoms. The van der Waals surface area contributed by atoms with Crippen LogP contribution in [0.5, 0.6) is 0 Å². The Morgan fingerprint density at radius 3 is 2.50 bits per heavy atom. The van der Waals surface area contributed by atoms with Crippen molar-refractivity contribution in [2.24, 2.45) is 15.8 Å². The average molecular weight is 299 g/mol. The molecule has 1 saturated heterocycles. The number of benzene rings is 1. The summed E-state index contributed by atoms with van der Waals surface area (Å²) in [4.78, 5) is 29.7. The van der Waals surface area contributed by atoms with E-state index in [-0.39, 0.29) is 11.8 Å². The highest BCUT2D eigenvalue weighted by Crippen LogP contribution is 2.45. The van der Waals surface area contributed by atoms with Crippen molar-refractivity contribution in [3.8, 4) is 0 Å². The SMILES string of the molecule is CC(C)(C)C(=O)[C@H]1CC2(CCOC2=O)C(c2ccccc2)=N1. The van der Waals surface area contributed by atoms with E-state index >= 15 is 0 Å². The van der Waals surface area contributed by atoms with Gasteiger partial charge in [0.25, 0.3) is 0 Å². The molecule has 1 fully saturated rings. The molecule has 4 nitrogen and oxygen atoms in total. The van der Waals surface area contributed by atoms with Crippen LogP contribution in [0, 0.1) is 10.8 Å². The zero-order chi connectivity index (χ0) is 16.0. The average Bonchev–Trinajstić information content (AvgIpc) is 3.04. The highest BCUT2D eigenvalue weighted by molar-refractivity contribution is 6.18. The maximum Gasteiger partial charge on any atom is 0.318 e. The van der Waals surface area contributed by atoms with E-state index in [9.17, 15) is 9.59 Å². The summed E-state index contributed by atoms with van der Waals surface area (Å²) in [6.07, 6.45) is 1.04. The number of esters is 1. The molecular weight excluding hydrogens is 278 g/mol. The normalized spacial score (nSPS) is 27.9. The van der Waals surface area contributed by atoms with Gasteiger partial charge in [-0.05, 0) is 12.0 Å². The quantitative estimate of drug-likeness (QED) is 0.789. The minimum absolute atomic E-state index is 0.0810. The first-order valence-electron chi connectivity index (χ1n) is 7.70. The van der Waals surface area contributed by atoms with Crippen LogP contribution in [0.3, 0.4) is 0 Å². The van der Waals surface area contributed by atoms with Gasteiger partial charge in [0.1, 0.15) is 11.5 Å². The highest BCUT2D eigenvalue weighted by Gasteiger charge is 2.55. The van der Waals surface area contributed by atoms with Crippen LogP contribution >= 0.6 is 0 Å². The highest BCUT2D eigenvalue weighted by atomic mass is 16.5. The number of cyclic esters (lactones) is 1. The maximum absolute atomic E-state index is 12.6. The third-order valence-electron chi connectivity index (χ3n) is 4.52. The number of ether oxygens (including phenoxy) is 1. The van der Waals surface area contributed by atoms with Crippen LogP contribution in [-0.2, 0) is 14.3 Å². The fourth-order valence-electron chi connectivity index (χ4n) is 3.31. The van der Waals surface area contributed by atoms with Crippen LogP contribution in [0.2, 0.25) is 0 Å². The van der Waals surface area contributed by atoms with Gasteiger partial charge in [0.05, 0.1) is 12.3 Å². The Hall–Kier alpha value is -1.97. The van der Waals surface area contributed by atoms with E-state index in [2.05, 4.69) is 4.99 Å². The Bertz CT molecular complexity index is 642. The number of carbonyl (C=O) groups excluding carboxylic acids is 2. The summed E-state index contributed by atoms with van der Waals surface area (Å²) in [5.74, 6) is -0.156. The van der Waals surface area contributed by atoms with Gasteiger partial charge in [-0.25, -0.2) is 0 Å². The molecule has 4 heteroatoms. The number of nitrogens with zero attached hydrogens (tertiary/aromatic N) is 1. The lowest BCUT2D eigenvalue weighted by molar-refractivity contribution is -0.143. The Labute approximate surface area is 130 Å². The Kier molecular flexibility index (Phi) is 3.42. The van der Waals surface area contributed by atoms with Gasteiger partial charge < -0.3 is 4.74 Å². The first-order chi connectivity index (χ1) is 10.3. The molecule has 1 aromatic rings. The van der Waals surface area contributed by atoms with Crippen molar-refractivity contribution in [1.82, 2.24) is 0 Å². The van der Waals surface area contributed by atoms with Gasteiger partial charge in [0.15, 0.2) is 5.78 Å². The number of hydrogen-bond donors (Lipinski definition) is 0. The second-order valence-electron chi connectivity index (χ2n) is 7.15. The van der Waals surface area contributed by atoms with E-state index in [0.717, 1.165) is 11.3 Å². The van der Waals surface area contributed by atoms with Crippen LogP contribution in [0.1, 0.15) is 39.2 Å². The minimum Gasteiger partial charge on any atom is -0.465 e. The summed E-state index contributed by atoms with van der Waals surface area (Å²) in [6, 6.07) is 9.19. The summed E-state index contributed by atoms with van der Waals surface area (Å²) in [6.45, 7) is 6.09. The molecule has 0 amide bonds. The van der Waals surface area contributed by atoms with Crippen LogP contribution < -0.4 is 0 Å². The number of rotatable bonds is 2. The Balaban J connectivity index is 2.05. The van der Waals surface area contributed by atoms with Gasteiger partial charge in [-0.15, -0.1) is 0 Å². The van der Waals surface area contributed by atoms with E-state index in [1.54, 1.807) is 0 Å². The van der Waals surface area contributed by atoms with Crippen molar-refractivity contribution in [3.05, 3.63) is 35.9 Å². The molecule has 2 atom stereocenters. The predicted molar refractivity (Wildman–Crippen MR) is 83.9 cm³/mol. The third kappa shape index (κ3) is 2.27. The number of ketones is 1. The van der Waals surface area contributed by atoms with Gasteiger partial charge in [0, 0.05) is 11.8 Å². The molecular formula is C18H21NO3. The summed E-state index contributed by atoms with van der Waals surface area (Å²) in [5.41, 5.74) is 0.417. The van der Waals surface area contributed by atoms with E-state index in [1.165, 1.54) is 0 Å². The summed E-state index contributed by atoms with van der Waals surface area (Å²) in [7, 11) is 0. The summed E-state index contributed by atoms with van der Waals surface area (Å²) < 4.78 is 5.22.